The number of nitrogens with zero attached hydrogens (tertiary/aromatic N) is 5. The van der Waals surface area contributed by atoms with Crippen LogP contribution >= 0.6 is 0 Å². The standard InChI is InChI=1S/C18H20N6O4/c1-11(24-10-12(9-19-24)18(26)27)17(25)20-13-5-6-14(16-15(13)21-28-22-16)23-7-3-2-4-8-23/h5-6,9-11H,2-4,7-8H2,1H3,(H,20,25)(H,26,27). The molecule has 2 N–H and O–H groups in total. The highest BCUT2D eigenvalue weighted by Crippen LogP contribution is 2.31. The molecule has 10 heteroatoms. The number of fused-ring (bicyclic) bond motifs is 1. The Morgan fingerprint density at radius 2 is 1.93 bits per heavy atom. The van der Waals surface area contributed by atoms with Gasteiger partial charge in [0.1, 0.15) is 6.04 Å². The fourth-order valence-corrected chi connectivity index (χ4v) is 3.36. The summed E-state index contributed by atoms with van der Waals surface area (Å²) in [6.07, 6.45) is 6.01. The molecule has 1 unspecified atom stereocenters. The number of aromatic carboxylic acids is 1. The fourth-order valence-electron chi connectivity index (χ4n) is 3.36. The maximum absolute atomic E-state index is 12.6. The van der Waals surface area contributed by atoms with E-state index in [0.717, 1.165) is 31.6 Å². The lowest BCUT2D eigenvalue weighted by Gasteiger charge is -2.28. The summed E-state index contributed by atoms with van der Waals surface area (Å²) in [5, 5.41) is 23.7. The van der Waals surface area contributed by atoms with Crippen LogP contribution in [0, 0.1) is 0 Å². The molecule has 1 atom stereocenters. The Labute approximate surface area is 160 Å². The summed E-state index contributed by atoms with van der Waals surface area (Å²) in [5.41, 5.74) is 2.54. The average Bonchev–Trinajstić information content (AvgIpc) is 3.38. The van der Waals surface area contributed by atoms with E-state index in [1.165, 1.54) is 23.5 Å². The van der Waals surface area contributed by atoms with E-state index < -0.39 is 12.0 Å². The molecule has 0 radical (unpaired) electrons. The van der Waals surface area contributed by atoms with E-state index in [-0.39, 0.29) is 11.5 Å². The number of amides is 1. The quantitative estimate of drug-likeness (QED) is 0.686. The van der Waals surface area contributed by atoms with Gasteiger partial charge in [-0.1, -0.05) is 0 Å². The van der Waals surface area contributed by atoms with E-state index >= 15 is 0 Å². The minimum atomic E-state index is -1.09. The van der Waals surface area contributed by atoms with Crippen LogP contribution < -0.4 is 10.2 Å². The Hall–Kier alpha value is -3.43. The smallest absolute Gasteiger partial charge is 0.338 e. The van der Waals surface area contributed by atoms with Gasteiger partial charge in [-0.2, -0.15) is 5.10 Å². The first-order chi connectivity index (χ1) is 13.5. The Balaban J connectivity index is 1.56. The van der Waals surface area contributed by atoms with Crippen molar-refractivity contribution >= 4 is 34.3 Å². The van der Waals surface area contributed by atoms with Gasteiger partial charge in [-0.25, -0.2) is 9.42 Å². The molecule has 1 saturated heterocycles. The Morgan fingerprint density at radius 3 is 2.64 bits per heavy atom. The predicted octanol–water partition coefficient (Wildman–Crippen LogP) is 2.31. The molecule has 0 saturated carbocycles. The second-order valence-electron chi connectivity index (χ2n) is 6.82. The minimum Gasteiger partial charge on any atom is -0.478 e. The minimum absolute atomic E-state index is 0.0219. The van der Waals surface area contributed by atoms with E-state index in [1.807, 2.05) is 6.07 Å². The maximum Gasteiger partial charge on any atom is 0.338 e. The van der Waals surface area contributed by atoms with Crippen molar-refractivity contribution in [2.75, 3.05) is 23.3 Å². The van der Waals surface area contributed by atoms with Gasteiger partial charge in [-0.3, -0.25) is 9.48 Å². The third-order valence-electron chi connectivity index (χ3n) is 4.97. The van der Waals surface area contributed by atoms with E-state index in [9.17, 15) is 9.59 Å². The topological polar surface area (TPSA) is 126 Å². The summed E-state index contributed by atoms with van der Waals surface area (Å²) in [5.74, 6) is -1.45. The zero-order valence-corrected chi connectivity index (χ0v) is 15.3. The van der Waals surface area contributed by atoms with Crippen molar-refractivity contribution in [3.8, 4) is 0 Å². The summed E-state index contributed by atoms with van der Waals surface area (Å²) in [6, 6.07) is 2.99. The second-order valence-corrected chi connectivity index (χ2v) is 6.82. The molecule has 1 aliphatic rings. The molecule has 28 heavy (non-hydrogen) atoms. The molecule has 0 spiro atoms. The number of hydrogen-bond acceptors (Lipinski definition) is 7. The summed E-state index contributed by atoms with van der Waals surface area (Å²) in [4.78, 5) is 25.9. The van der Waals surface area contributed by atoms with Gasteiger partial charge in [-0.15, -0.1) is 0 Å². The lowest BCUT2D eigenvalue weighted by Crippen LogP contribution is -2.29. The monoisotopic (exact) mass is 384 g/mol. The van der Waals surface area contributed by atoms with Crippen molar-refractivity contribution in [2.24, 2.45) is 0 Å². The third kappa shape index (κ3) is 3.28. The summed E-state index contributed by atoms with van der Waals surface area (Å²) < 4.78 is 6.24. The van der Waals surface area contributed by atoms with Crippen LogP contribution in [0.15, 0.2) is 29.2 Å². The van der Waals surface area contributed by atoms with Crippen molar-refractivity contribution in [1.82, 2.24) is 20.1 Å². The van der Waals surface area contributed by atoms with Crippen molar-refractivity contribution in [3.63, 3.8) is 0 Å². The Kier molecular flexibility index (Phi) is 4.68. The van der Waals surface area contributed by atoms with Crippen LogP contribution in [0.5, 0.6) is 0 Å². The number of benzene rings is 1. The fraction of sp³-hybridized carbons (Fsp3) is 0.389. The Bertz CT molecular complexity index is 1020. The molecule has 1 aromatic carbocycles. The normalized spacial score (nSPS) is 15.5. The molecule has 2 aromatic heterocycles. The lowest BCUT2D eigenvalue weighted by molar-refractivity contribution is -0.119. The first-order valence-corrected chi connectivity index (χ1v) is 9.13. The second kappa shape index (κ2) is 7.29. The highest BCUT2D eigenvalue weighted by molar-refractivity contribution is 6.03. The number of piperidine rings is 1. The molecule has 146 valence electrons. The van der Waals surface area contributed by atoms with Gasteiger partial charge in [0.2, 0.25) is 5.91 Å². The van der Waals surface area contributed by atoms with Gasteiger partial charge in [0.05, 0.1) is 23.1 Å². The average molecular weight is 384 g/mol. The first-order valence-electron chi connectivity index (χ1n) is 9.13. The van der Waals surface area contributed by atoms with E-state index in [4.69, 9.17) is 9.74 Å². The number of rotatable bonds is 5. The first kappa shape index (κ1) is 18.0. The van der Waals surface area contributed by atoms with Crippen LogP contribution in [0.1, 0.15) is 42.6 Å². The highest BCUT2D eigenvalue weighted by Gasteiger charge is 2.22. The largest absolute Gasteiger partial charge is 0.478 e. The molecular formula is C18H20N6O4. The van der Waals surface area contributed by atoms with Crippen molar-refractivity contribution in [1.29, 1.82) is 0 Å². The van der Waals surface area contributed by atoms with Crippen LogP contribution in [0.4, 0.5) is 11.4 Å². The number of carboxylic acid groups (broad SMARTS) is 1. The molecule has 10 nitrogen and oxygen atoms in total. The van der Waals surface area contributed by atoms with Gasteiger partial charge >= 0.3 is 5.97 Å². The molecule has 0 bridgehead atoms. The summed E-state index contributed by atoms with van der Waals surface area (Å²) in [7, 11) is 0. The number of carbonyl (C=O) groups is 2. The van der Waals surface area contributed by atoms with Crippen LogP contribution in [-0.4, -0.2) is 50.2 Å². The van der Waals surface area contributed by atoms with Crippen LogP contribution in [0.25, 0.3) is 11.0 Å². The van der Waals surface area contributed by atoms with E-state index in [2.05, 4.69) is 25.6 Å². The zero-order chi connectivity index (χ0) is 19.7. The van der Waals surface area contributed by atoms with E-state index in [1.54, 1.807) is 13.0 Å². The van der Waals surface area contributed by atoms with Gasteiger partial charge in [0.25, 0.3) is 0 Å². The summed E-state index contributed by atoms with van der Waals surface area (Å²) >= 11 is 0. The molecular weight excluding hydrogens is 364 g/mol. The lowest BCUT2D eigenvalue weighted by atomic mass is 10.1. The van der Waals surface area contributed by atoms with Gasteiger partial charge in [-0.05, 0) is 48.6 Å². The number of anilines is 2. The molecule has 3 aromatic rings. The third-order valence-corrected chi connectivity index (χ3v) is 4.97. The highest BCUT2D eigenvalue weighted by atomic mass is 16.6. The van der Waals surface area contributed by atoms with Crippen LogP contribution in [0.3, 0.4) is 0 Å². The van der Waals surface area contributed by atoms with Gasteiger partial charge < -0.3 is 15.3 Å². The van der Waals surface area contributed by atoms with Crippen LogP contribution in [-0.2, 0) is 4.79 Å². The van der Waals surface area contributed by atoms with Crippen molar-refractivity contribution in [2.45, 2.75) is 32.2 Å². The predicted molar refractivity (Wildman–Crippen MR) is 100 cm³/mol. The number of hydrogen-bond donors (Lipinski definition) is 2. The van der Waals surface area contributed by atoms with Gasteiger partial charge in [0, 0.05) is 19.3 Å². The SMILES string of the molecule is CC(C(=O)Nc1ccc(N2CCCCC2)c2nonc12)n1cc(C(=O)O)cn1. The Morgan fingerprint density at radius 1 is 1.18 bits per heavy atom. The van der Waals surface area contributed by atoms with Crippen molar-refractivity contribution < 1.29 is 19.3 Å². The number of carbonyl (C=O) groups excluding carboxylic acids is 1. The maximum atomic E-state index is 12.6. The van der Waals surface area contributed by atoms with E-state index in [0.29, 0.717) is 16.7 Å². The van der Waals surface area contributed by atoms with Crippen LogP contribution in [0.2, 0.25) is 0 Å². The molecule has 1 amide bonds. The molecule has 1 fully saturated rings. The molecule has 4 rings (SSSR count). The molecule has 1 aliphatic heterocycles. The molecule has 0 aliphatic carbocycles. The number of carboxylic acids is 1. The number of aromatic nitrogens is 4. The van der Waals surface area contributed by atoms with Crippen molar-refractivity contribution in [3.05, 3.63) is 30.1 Å². The number of nitrogens with one attached hydrogen (secondary N) is 1. The molecule has 3 heterocycles. The zero-order valence-electron chi connectivity index (χ0n) is 15.3. The van der Waals surface area contributed by atoms with Gasteiger partial charge in [0.15, 0.2) is 11.0 Å². The summed E-state index contributed by atoms with van der Waals surface area (Å²) in [6.45, 7) is 3.54.